The lowest BCUT2D eigenvalue weighted by atomic mass is 9.98. The first-order valence-corrected chi connectivity index (χ1v) is 12.0. The summed E-state index contributed by atoms with van der Waals surface area (Å²) in [6, 6.07) is 42.1. The van der Waals surface area contributed by atoms with Gasteiger partial charge < -0.3 is 0 Å². The zero-order valence-corrected chi connectivity index (χ0v) is 19.5. The molecule has 2 aromatic heterocycles. The normalized spacial score (nSPS) is 11.6. The van der Waals surface area contributed by atoms with Crippen LogP contribution in [0.25, 0.3) is 55.8 Å². The van der Waals surface area contributed by atoms with Crippen molar-refractivity contribution in [1.82, 2.24) is 14.0 Å². The lowest BCUT2D eigenvalue weighted by molar-refractivity contribution is 1.11. The second kappa shape index (κ2) is 7.86. The van der Waals surface area contributed by atoms with Crippen LogP contribution in [-0.2, 0) is 0 Å². The van der Waals surface area contributed by atoms with Crippen molar-refractivity contribution in [3.05, 3.63) is 126 Å². The second-order valence-electron chi connectivity index (χ2n) is 8.70. The van der Waals surface area contributed by atoms with Crippen molar-refractivity contribution >= 4 is 39.4 Å². The fraction of sp³-hybridized carbons (Fsp3) is 0. The molecule has 4 heteroatoms. The number of rotatable bonds is 3. The van der Waals surface area contributed by atoms with Gasteiger partial charge in [0.05, 0.1) is 27.8 Å². The molecule has 0 N–H and O–H groups in total. The fourth-order valence-corrected chi connectivity index (χ4v) is 5.13. The summed E-state index contributed by atoms with van der Waals surface area (Å²) in [6.45, 7) is 0. The Balaban J connectivity index is 1.60. The van der Waals surface area contributed by atoms with Crippen molar-refractivity contribution in [2.75, 3.05) is 0 Å². The molecule has 0 aliphatic rings. The third kappa shape index (κ3) is 3.24. The minimum atomic E-state index is 0.706. The molecule has 0 aliphatic heterocycles. The lowest BCUT2D eigenvalue weighted by Crippen LogP contribution is -1.97. The van der Waals surface area contributed by atoms with Gasteiger partial charge in [-0.25, -0.2) is 4.98 Å². The number of hydrogen-bond donors (Lipinski definition) is 0. The number of para-hydroxylation sites is 2. The molecule has 0 radical (unpaired) electrons. The number of nitrogens with zero attached hydrogens (tertiary/aromatic N) is 3. The summed E-state index contributed by atoms with van der Waals surface area (Å²) >= 11 is 6.46. The van der Waals surface area contributed by atoms with E-state index in [1.165, 1.54) is 11.1 Å². The Morgan fingerprint density at radius 3 is 1.83 bits per heavy atom. The van der Waals surface area contributed by atoms with E-state index in [0.717, 1.165) is 44.7 Å². The Hall–Kier alpha value is -4.34. The van der Waals surface area contributed by atoms with Crippen molar-refractivity contribution in [2.24, 2.45) is 0 Å². The number of hydrogen-bond acceptors (Lipinski definition) is 1. The monoisotopic (exact) mass is 469 g/mol. The van der Waals surface area contributed by atoms with Gasteiger partial charge in [0.2, 0.25) is 5.78 Å². The van der Waals surface area contributed by atoms with Crippen molar-refractivity contribution < 1.29 is 0 Å². The van der Waals surface area contributed by atoms with E-state index < -0.39 is 0 Å². The van der Waals surface area contributed by atoms with Crippen molar-refractivity contribution in [3.8, 4) is 27.9 Å². The Labute approximate surface area is 207 Å². The predicted molar refractivity (Wildman–Crippen MR) is 145 cm³/mol. The van der Waals surface area contributed by atoms with Crippen LogP contribution in [0.15, 0.2) is 121 Å². The minimum Gasteiger partial charge on any atom is -0.278 e. The van der Waals surface area contributed by atoms with E-state index in [-0.39, 0.29) is 0 Å². The molecule has 0 bridgehead atoms. The number of halogens is 1. The highest BCUT2D eigenvalue weighted by Crippen LogP contribution is 2.35. The number of fused-ring (bicyclic) bond motifs is 5. The van der Waals surface area contributed by atoms with E-state index in [1.807, 2.05) is 36.4 Å². The van der Waals surface area contributed by atoms with Crippen molar-refractivity contribution in [3.63, 3.8) is 0 Å². The van der Waals surface area contributed by atoms with Gasteiger partial charge in [-0.15, -0.1) is 0 Å². The maximum atomic E-state index is 6.46. The lowest BCUT2D eigenvalue weighted by Gasteiger charge is -2.13. The van der Waals surface area contributed by atoms with Gasteiger partial charge in [0.15, 0.2) is 0 Å². The Morgan fingerprint density at radius 2 is 1.14 bits per heavy atom. The zero-order valence-electron chi connectivity index (χ0n) is 18.8. The summed E-state index contributed by atoms with van der Waals surface area (Å²) in [5.74, 6) is 0.868. The Kier molecular flexibility index (Phi) is 4.51. The van der Waals surface area contributed by atoms with Crippen LogP contribution in [0.3, 0.4) is 0 Å². The summed E-state index contributed by atoms with van der Waals surface area (Å²) in [5, 5.41) is 0.706. The van der Waals surface area contributed by atoms with Crippen LogP contribution in [0.4, 0.5) is 0 Å². The van der Waals surface area contributed by atoms with Crippen molar-refractivity contribution in [1.29, 1.82) is 0 Å². The molecule has 0 aliphatic carbocycles. The molecule has 2 heterocycles. The molecule has 0 amide bonds. The number of benzene rings is 5. The van der Waals surface area contributed by atoms with Gasteiger partial charge >= 0.3 is 0 Å². The van der Waals surface area contributed by atoms with E-state index in [1.54, 1.807) is 0 Å². The van der Waals surface area contributed by atoms with Gasteiger partial charge in [0, 0.05) is 5.02 Å². The van der Waals surface area contributed by atoms with Gasteiger partial charge in [0.1, 0.15) is 0 Å². The van der Waals surface area contributed by atoms with E-state index in [2.05, 4.69) is 93.9 Å². The molecule has 7 rings (SSSR count). The Morgan fingerprint density at radius 1 is 0.514 bits per heavy atom. The van der Waals surface area contributed by atoms with Crippen LogP contribution in [0.5, 0.6) is 0 Å². The van der Waals surface area contributed by atoms with Crippen LogP contribution < -0.4 is 0 Å². The van der Waals surface area contributed by atoms with E-state index in [0.29, 0.717) is 5.02 Å². The molecular formula is C31H20ClN3. The molecule has 0 saturated heterocycles. The average molecular weight is 470 g/mol. The largest absolute Gasteiger partial charge is 0.278 e. The first kappa shape index (κ1) is 20.1. The molecule has 0 atom stereocenters. The van der Waals surface area contributed by atoms with Gasteiger partial charge in [0.25, 0.3) is 0 Å². The maximum absolute atomic E-state index is 6.46. The molecule has 35 heavy (non-hydrogen) atoms. The summed E-state index contributed by atoms with van der Waals surface area (Å²) < 4.78 is 4.44. The SMILES string of the molecule is Clc1ccc2c(c1)n1c3ccccc3nc1n2-c1cc(-c2ccccc2)cc(-c2ccccc2)c1. The van der Waals surface area contributed by atoms with Crippen LogP contribution in [-0.4, -0.2) is 14.0 Å². The standard InChI is InChI=1S/C31H20ClN3/c32-25-15-16-29-30(20-25)35-28-14-8-7-13-27(28)33-31(35)34(29)26-18-23(21-9-3-1-4-10-21)17-24(19-26)22-11-5-2-6-12-22/h1-20H. The zero-order chi connectivity index (χ0) is 23.4. The van der Waals surface area contributed by atoms with E-state index in [4.69, 9.17) is 16.6 Å². The minimum absolute atomic E-state index is 0.706. The molecule has 3 nitrogen and oxygen atoms in total. The average Bonchev–Trinajstić information content (AvgIpc) is 3.44. The topological polar surface area (TPSA) is 22.2 Å². The quantitative estimate of drug-likeness (QED) is 0.254. The van der Waals surface area contributed by atoms with Gasteiger partial charge in [-0.05, 0) is 70.8 Å². The third-order valence-corrected chi connectivity index (χ3v) is 6.79. The first-order chi connectivity index (χ1) is 17.3. The smallest absolute Gasteiger partial charge is 0.220 e. The van der Waals surface area contributed by atoms with Crippen LogP contribution in [0.1, 0.15) is 0 Å². The maximum Gasteiger partial charge on any atom is 0.220 e. The van der Waals surface area contributed by atoms with Crippen LogP contribution in [0, 0.1) is 0 Å². The molecule has 7 aromatic rings. The summed E-state index contributed by atoms with van der Waals surface area (Å²) in [7, 11) is 0. The Bertz CT molecular complexity index is 1790. The predicted octanol–water partition coefficient (Wildman–Crippen LogP) is 8.42. The molecule has 0 saturated carbocycles. The highest BCUT2D eigenvalue weighted by molar-refractivity contribution is 6.31. The third-order valence-electron chi connectivity index (χ3n) is 6.55. The van der Waals surface area contributed by atoms with Crippen LogP contribution in [0.2, 0.25) is 5.02 Å². The second-order valence-corrected chi connectivity index (χ2v) is 9.14. The molecular weight excluding hydrogens is 450 g/mol. The fourth-order valence-electron chi connectivity index (χ4n) is 4.96. The highest BCUT2D eigenvalue weighted by Gasteiger charge is 2.18. The van der Waals surface area contributed by atoms with Crippen LogP contribution >= 0.6 is 11.6 Å². The molecule has 0 spiro atoms. The summed E-state index contributed by atoms with van der Waals surface area (Å²) in [4.78, 5) is 5.05. The van der Waals surface area contributed by atoms with Gasteiger partial charge in [-0.3, -0.25) is 8.97 Å². The molecule has 5 aromatic carbocycles. The number of aromatic nitrogens is 3. The first-order valence-electron chi connectivity index (χ1n) is 11.6. The van der Waals surface area contributed by atoms with Gasteiger partial charge in [-0.2, -0.15) is 0 Å². The number of imidazole rings is 2. The molecule has 0 unspecified atom stereocenters. The van der Waals surface area contributed by atoms with E-state index >= 15 is 0 Å². The molecule has 166 valence electrons. The molecule has 0 fully saturated rings. The van der Waals surface area contributed by atoms with Gasteiger partial charge in [-0.1, -0.05) is 84.4 Å². The van der Waals surface area contributed by atoms with Crippen molar-refractivity contribution in [2.45, 2.75) is 0 Å². The highest BCUT2D eigenvalue weighted by atomic mass is 35.5. The summed E-state index contributed by atoms with van der Waals surface area (Å²) in [6.07, 6.45) is 0. The van der Waals surface area contributed by atoms with E-state index in [9.17, 15) is 0 Å². The summed E-state index contributed by atoms with van der Waals surface area (Å²) in [5.41, 5.74) is 9.85.